The van der Waals surface area contributed by atoms with Crippen LogP contribution in [0.3, 0.4) is 0 Å². The van der Waals surface area contributed by atoms with Crippen LogP contribution in [0.1, 0.15) is 194 Å². The summed E-state index contributed by atoms with van der Waals surface area (Å²) in [6.07, 6.45) is 56.6. The van der Waals surface area contributed by atoms with E-state index in [0.717, 1.165) is 70.6 Å². The van der Waals surface area contributed by atoms with Crippen molar-refractivity contribution in [3.05, 3.63) is 72.9 Å². The SMILES string of the molecule is CCCCC/C=C\C/C=C\C/C=C\CCCCCCCCC(=O)NC(COP(=O)([O-])OCC[N+](C)(C)C)C(O)/C=C/CC/C=C/CC/C=C/CCCCCCCCCCC. The lowest BCUT2D eigenvalue weighted by Gasteiger charge is -2.29. The average molecular weight is 861 g/mol. The van der Waals surface area contributed by atoms with Gasteiger partial charge in [0.05, 0.1) is 39.9 Å². The molecule has 0 aromatic carbocycles. The van der Waals surface area contributed by atoms with Crippen molar-refractivity contribution in [2.75, 3.05) is 40.9 Å². The van der Waals surface area contributed by atoms with E-state index in [0.29, 0.717) is 17.4 Å². The maximum atomic E-state index is 12.9. The molecule has 1 amide bonds. The summed E-state index contributed by atoms with van der Waals surface area (Å²) < 4.78 is 23.2. The van der Waals surface area contributed by atoms with Crippen LogP contribution < -0.4 is 10.2 Å². The molecule has 3 unspecified atom stereocenters. The van der Waals surface area contributed by atoms with Gasteiger partial charge in [-0.2, -0.15) is 0 Å². The van der Waals surface area contributed by atoms with Crippen molar-refractivity contribution in [1.82, 2.24) is 5.32 Å². The van der Waals surface area contributed by atoms with Crippen LogP contribution in [-0.2, 0) is 18.4 Å². The zero-order chi connectivity index (χ0) is 44.3. The summed E-state index contributed by atoms with van der Waals surface area (Å²) in [6.45, 7) is 4.57. The Morgan fingerprint density at radius 2 is 0.983 bits per heavy atom. The molecule has 8 nitrogen and oxygen atoms in total. The zero-order valence-electron chi connectivity index (χ0n) is 39.4. The highest BCUT2D eigenvalue weighted by Crippen LogP contribution is 2.38. The Kier molecular flexibility index (Phi) is 40.8. The van der Waals surface area contributed by atoms with Crippen molar-refractivity contribution in [3.8, 4) is 0 Å². The van der Waals surface area contributed by atoms with Crippen LogP contribution >= 0.6 is 7.82 Å². The number of unbranched alkanes of at least 4 members (excludes halogenated alkanes) is 20. The molecule has 0 aliphatic carbocycles. The van der Waals surface area contributed by atoms with Crippen LogP contribution in [0.5, 0.6) is 0 Å². The first-order chi connectivity index (χ1) is 29.0. The molecular weight excluding hydrogens is 768 g/mol. The van der Waals surface area contributed by atoms with Gasteiger partial charge in [-0.05, 0) is 83.5 Å². The van der Waals surface area contributed by atoms with Crippen LogP contribution in [0.25, 0.3) is 0 Å². The van der Waals surface area contributed by atoms with E-state index >= 15 is 0 Å². The fourth-order valence-electron chi connectivity index (χ4n) is 6.48. The Bertz CT molecular complexity index is 1200. The third-order valence-electron chi connectivity index (χ3n) is 10.4. The first-order valence-electron chi connectivity index (χ1n) is 24.3. The van der Waals surface area contributed by atoms with Gasteiger partial charge in [0.2, 0.25) is 5.91 Å². The number of hydrogen-bond donors (Lipinski definition) is 2. The molecule has 60 heavy (non-hydrogen) atoms. The fourth-order valence-corrected chi connectivity index (χ4v) is 7.21. The number of rotatable bonds is 43. The van der Waals surface area contributed by atoms with Gasteiger partial charge in [-0.1, -0.05) is 177 Å². The summed E-state index contributed by atoms with van der Waals surface area (Å²) in [5.74, 6) is -0.227. The number of aliphatic hydroxyl groups is 1. The third kappa shape index (κ3) is 44.0. The lowest BCUT2D eigenvalue weighted by molar-refractivity contribution is -0.870. The molecule has 348 valence electrons. The first kappa shape index (κ1) is 57.9. The van der Waals surface area contributed by atoms with Gasteiger partial charge in [0.1, 0.15) is 13.2 Å². The molecule has 0 rings (SSSR count). The number of hydrogen-bond acceptors (Lipinski definition) is 6. The predicted octanol–water partition coefficient (Wildman–Crippen LogP) is 13.3. The van der Waals surface area contributed by atoms with Gasteiger partial charge in [0.15, 0.2) is 0 Å². The Labute approximate surface area is 370 Å². The monoisotopic (exact) mass is 861 g/mol. The maximum absolute atomic E-state index is 12.9. The number of nitrogens with zero attached hydrogens (tertiary/aromatic N) is 1. The standard InChI is InChI=1S/C51H93N2O6P/c1-6-8-10-12-14-16-18-20-22-24-26-28-30-32-34-36-38-40-42-44-50(54)49(48-59-60(56,57)58-47-46-53(3,4)5)52-51(55)45-43-41-39-37-35-33-31-29-27-25-23-21-19-17-15-13-11-9-7-2/h15,17,21,23,26-29,34,36,42,44,49-50,54H,6-14,16,18-20,22,24-25,30-33,35,37-41,43,45-48H2,1-5H3,(H-,52,55,56,57)/b17-15-,23-21-,28-26+,29-27-,36-34+,44-42+. The van der Waals surface area contributed by atoms with E-state index < -0.39 is 26.6 Å². The van der Waals surface area contributed by atoms with Gasteiger partial charge in [0.25, 0.3) is 7.82 Å². The lowest BCUT2D eigenvalue weighted by Crippen LogP contribution is -2.45. The molecule has 3 atom stereocenters. The quantitative estimate of drug-likeness (QED) is 0.0274. The third-order valence-corrected chi connectivity index (χ3v) is 11.3. The topological polar surface area (TPSA) is 108 Å². The van der Waals surface area contributed by atoms with Crippen molar-refractivity contribution in [2.45, 2.75) is 206 Å². The van der Waals surface area contributed by atoms with E-state index in [1.54, 1.807) is 6.08 Å². The minimum atomic E-state index is -4.61. The minimum absolute atomic E-state index is 0.0151. The second-order valence-corrected chi connectivity index (χ2v) is 18.8. The number of likely N-dealkylation sites (N-methyl/N-ethyl adjacent to an activating group) is 1. The summed E-state index contributed by atoms with van der Waals surface area (Å²) >= 11 is 0. The Hall–Kier alpha value is -2.06. The summed E-state index contributed by atoms with van der Waals surface area (Å²) in [7, 11) is 1.21. The highest BCUT2D eigenvalue weighted by atomic mass is 31.2. The van der Waals surface area contributed by atoms with Crippen LogP contribution in [0, 0.1) is 0 Å². The van der Waals surface area contributed by atoms with Crippen molar-refractivity contribution in [2.24, 2.45) is 0 Å². The number of carbonyl (C=O) groups is 1. The summed E-state index contributed by atoms with van der Waals surface area (Å²) in [5.41, 5.74) is 0. The number of quaternary nitrogens is 1. The van der Waals surface area contributed by atoms with Crippen LogP contribution in [0.15, 0.2) is 72.9 Å². The number of nitrogens with one attached hydrogen (secondary N) is 1. The highest BCUT2D eigenvalue weighted by molar-refractivity contribution is 7.45. The molecule has 0 aliphatic rings. The predicted molar refractivity (Wildman–Crippen MR) is 256 cm³/mol. The van der Waals surface area contributed by atoms with Crippen LogP contribution in [0.2, 0.25) is 0 Å². The largest absolute Gasteiger partial charge is 0.756 e. The molecule has 0 aromatic heterocycles. The molecule has 0 bridgehead atoms. The normalized spacial score (nSPS) is 14.8. The molecule has 9 heteroatoms. The number of aliphatic hydroxyl groups excluding tert-OH is 1. The molecule has 0 fully saturated rings. The van der Waals surface area contributed by atoms with Gasteiger partial charge in [-0.15, -0.1) is 0 Å². The van der Waals surface area contributed by atoms with E-state index in [2.05, 4.69) is 79.9 Å². The Morgan fingerprint density at radius 3 is 1.50 bits per heavy atom. The van der Waals surface area contributed by atoms with E-state index in [1.165, 1.54) is 103 Å². The number of phosphoric acid groups is 1. The molecule has 2 N–H and O–H groups in total. The average Bonchev–Trinajstić information content (AvgIpc) is 3.20. The Balaban J connectivity index is 4.49. The summed E-state index contributed by atoms with van der Waals surface area (Å²) in [6, 6.07) is -0.920. The van der Waals surface area contributed by atoms with Crippen molar-refractivity contribution in [1.29, 1.82) is 0 Å². The first-order valence-corrected chi connectivity index (χ1v) is 25.8. The summed E-state index contributed by atoms with van der Waals surface area (Å²) in [4.78, 5) is 25.4. The maximum Gasteiger partial charge on any atom is 0.268 e. The number of amides is 1. The van der Waals surface area contributed by atoms with Crippen LogP contribution in [0.4, 0.5) is 0 Å². The number of phosphoric ester groups is 1. The van der Waals surface area contributed by atoms with E-state index in [1.807, 2.05) is 27.2 Å². The molecule has 0 heterocycles. The molecule has 0 spiro atoms. The molecule has 0 radical (unpaired) electrons. The van der Waals surface area contributed by atoms with Crippen molar-refractivity contribution >= 4 is 13.7 Å². The highest BCUT2D eigenvalue weighted by Gasteiger charge is 2.23. The van der Waals surface area contributed by atoms with Gasteiger partial charge >= 0.3 is 0 Å². The minimum Gasteiger partial charge on any atom is -0.756 e. The lowest BCUT2D eigenvalue weighted by atomic mass is 10.1. The summed E-state index contributed by atoms with van der Waals surface area (Å²) in [5, 5.41) is 13.8. The van der Waals surface area contributed by atoms with Gasteiger partial charge in [0, 0.05) is 6.42 Å². The smallest absolute Gasteiger partial charge is 0.268 e. The molecular formula is C51H93N2O6P. The molecule has 0 saturated carbocycles. The van der Waals surface area contributed by atoms with Gasteiger partial charge < -0.3 is 28.8 Å². The van der Waals surface area contributed by atoms with Gasteiger partial charge in [-0.25, -0.2) is 0 Å². The van der Waals surface area contributed by atoms with E-state index in [4.69, 9.17) is 9.05 Å². The number of allylic oxidation sites excluding steroid dienone is 11. The van der Waals surface area contributed by atoms with E-state index in [9.17, 15) is 19.4 Å². The zero-order valence-corrected chi connectivity index (χ0v) is 40.3. The number of carbonyl (C=O) groups excluding carboxylic acids is 1. The van der Waals surface area contributed by atoms with Crippen molar-refractivity contribution in [3.63, 3.8) is 0 Å². The van der Waals surface area contributed by atoms with Crippen molar-refractivity contribution < 1.29 is 32.9 Å². The van der Waals surface area contributed by atoms with Gasteiger partial charge in [-0.3, -0.25) is 9.36 Å². The Morgan fingerprint density at radius 1 is 0.583 bits per heavy atom. The molecule has 0 aromatic rings. The molecule has 0 saturated heterocycles. The van der Waals surface area contributed by atoms with E-state index in [-0.39, 0.29) is 12.5 Å². The molecule has 0 aliphatic heterocycles. The second-order valence-electron chi connectivity index (χ2n) is 17.4. The second kappa shape index (κ2) is 42.3. The van der Waals surface area contributed by atoms with Crippen LogP contribution in [-0.4, -0.2) is 68.5 Å². The fraction of sp³-hybridized carbons (Fsp3) is 0.745.